The first-order chi connectivity index (χ1) is 11.3. The fourth-order valence-electron chi connectivity index (χ4n) is 2.81. The van der Waals surface area contributed by atoms with E-state index in [1.165, 1.54) is 6.20 Å². The minimum absolute atomic E-state index is 0.0493. The number of likely N-dealkylation sites (tertiary alicyclic amines) is 1. The van der Waals surface area contributed by atoms with E-state index in [2.05, 4.69) is 15.3 Å². The second kappa shape index (κ2) is 7.19. The zero-order valence-corrected chi connectivity index (χ0v) is 13.1. The molecule has 0 radical (unpaired) electrons. The minimum Gasteiger partial charge on any atom is -0.437 e. The number of nitrogens with one attached hydrogen (secondary N) is 1. The van der Waals surface area contributed by atoms with Gasteiger partial charge < -0.3 is 15.0 Å². The van der Waals surface area contributed by atoms with Crippen molar-refractivity contribution in [2.75, 3.05) is 26.7 Å². The van der Waals surface area contributed by atoms with Gasteiger partial charge in [0.15, 0.2) is 0 Å². The zero-order chi connectivity index (χ0) is 16.1. The molecule has 1 fully saturated rings. The van der Waals surface area contributed by atoms with Crippen LogP contribution in [0.1, 0.15) is 16.8 Å². The van der Waals surface area contributed by atoms with Crippen molar-refractivity contribution in [3.63, 3.8) is 0 Å². The molecule has 1 amide bonds. The van der Waals surface area contributed by atoms with Crippen molar-refractivity contribution in [1.82, 2.24) is 20.2 Å². The van der Waals surface area contributed by atoms with E-state index in [0.717, 1.165) is 26.1 Å². The molecule has 6 nitrogen and oxygen atoms in total. The number of hydrogen-bond donors (Lipinski definition) is 1. The molecular weight excluding hydrogens is 292 g/mol. The summed E-state index contributed by atoms with van der Waals surface area (Å²) in [6, 6.07) is 7.19. The molecule has 1 N–H and O–H groups in total. The number of nitrogens with zero attached hydrogens (tertiary/aromatic N) is 3. The van der Waals surface area contributed by atoms with E-state index in [-0.39, 0.29) is 5.91 Å². The van der Waals surface area contributed by atoms with Crippen molar-refractivity contribution in [1.29, 1.82) is 0 Å². The van der Waals surface area contributed by atoms with Gasteiger partial charge in [0, 0.05) is 31.0 Å². The third kappa shape index (κ3) is 3.84. The van der Waals surface area contributed by atoms with Gasteiger partial charge in [-0.1, -0.05) is 6.07 Å². The Balaban J connectivity index is 1.68. The molecule has 6 heteroatoms. The van der Waals surface area contributed by atoms with Gasteiger partial charge in [0.05, 0.1) is 6.20 Å². The van der Waals surface area contributed by atoms with Crippen molar-refractivity contribution >= 4 is 5.91 Å². The van der Waals surface area contributed by atoms with E-state index >= 15 is 0 Å². The lowest BCUT2D eigenvalue weighted by Crippen LogP contribution is -2.30. The summed E-state index contributed by atoms with van der Waals surface area (Å²) in [5.41, 5.74) is 0.636. The topological polar surface area (TPSA) is 67.4 Å². The Morgan fingerprint density at radius 3 is 3.13 bits per heavy atom. The van der Waals surface area contributed by atoms with E-state index < -0.39 is 0 Å². The number of carbonyl (C=O) groups excluding carboxylic acids is 1. The fraction of sp³-hybridized carbons (Fsp3) is 0.353. The summed E-state index contributed by atoms with van der Waals surface area (Å²) < 4.78 is 5.64. The van der Waals surface area contributed by atoms with Gasteiger partial charge in [-0.25, -0.2) is 4.98 Å². The van der Waals surface area contributed by atoms with E-state index in [1.54, 1.807) is 24.5 Å². The lowest BCUT2D eigenvalue weighted by Gasteiger charge is -2.17. The van der Waals surface area contributed by atoms with Gasteiger partial charge in [0.25, 0.3) is 5.91 Å². The summed E-state index contributed by atoms with van der Waals surface area (Å²) in [7, 11) is 1.94. The highest BCUT2D eigenvalue weighted by Gasteiger charge is 2.26. The Morgan fingerprint density at radius 1 is 1.43 bits per heavy atom. The largest absolute Gasteiger partial charge is 0.437 e. The first-order valence-corrected chi connectivity index (χ1v) is 7.74. The van der Waals surface area contributed by atoms with Crippen LogP contribution in [0.4, 0.5) is 0 Å². The Morgan fingerprint density at radius 2 is 2.35 bits per heavy atom. The maximum absolute atomic E-state index is 12.6. The molecule has 3 rings (SSSR count). The number of aromatic nitrogens is 2. The summed E-state index contributed by atoms with van der Waals surface area (Å²) in [4.78, 5) is 22.6. The molecule has 1 saturated heterocycles. The molecule has 2 aromatic rings. The normalized spacial score (nSPS) is 17.3. The van der Waals surface area contributed by atoms with Crippen molar-refractivity contribution in [3.05, 3.63) is 48.4 Å². The zero-order valence-electron chi connectivity index (χ0n) is 13.1. The highest BCUT2D eigenvalue weighted by Crippen LogP contribution is 2.22. The highest BCUT2D eigenvalue weighted by molar-refractivity contribution is 5.94. The predicted octanol–water partition coefficient (Wildman–Crippen LogP) is 1.95. The molecular formula is C17H20N4O2. The number of rotatable bonds is 5. The van der Waals surface area contributed by atoms with Gasteiger partial charge >= 0.3 is 0 Å². The molecule has 0 aliphatic carbocycles. The van der Waals surface area contributed by atoms with Gasteiger partial charge in [-0.3, -0.25) is 9.78 Å². The van der Waals surface area contributed by atoms with Gasteiger partial charge in [-0.05, 0) is 44.1 Å². The van der Waals surface area contributed by atoms with Crippen LogP contribution >= 0.6 is 0 Å². The van der Waals surface area contributed by atoms with Crippen LogP contribution in [-0.4, -0.2) is 47.5 Å². The third-order valence-electron chi connectivity index (χ3n) is 3.91. The maximum atomic E-state index is 12.6. The van der Waals surface area contributed by atoms with Crippen molar-refractivity contribution in [2.45, 2.75) is 6.42 Å². The van der Waals surface area contributed by atoms with Crippen LogP contribution in [0.5, 0.6) is 11.6 Å². The Labute approximate surface area is 135 Å². The quantitative estimate of drug-likeness (QED) is 0.914. The smallest absolute Gasteiger partial charge is 0.253 e. The summed E-state index contributed by atoms with van der Waals surface area (Å²) in [6.45, 7) is 2.55. The SMILES string of the molecule is CNC[C@@H]1CCN(C(=O)c2cccc(Oc3cnccn3)c2)C1. The summed E-state index contributed by atoms with van der Waals surface area (Å²) >= 11 is 0. The molecule has 0 bridgehead atoms. The second-order valence-electron chi connectivity index (χ2n) is 5.64. The molecule has 120 valence electrons. The first kappa shape index (κ1) is 15.4. The lowest BCUT2D eigenvalue weighted by atomic mass is 10.1. The molecule has 1 aromatic carbocycles. The van der Waals surface area contributed by atoms with E-state index in [0.29, 0.717) is 23.1 Å². The highest BCUT2D eigenvalue weighted by atomic mass is 16.5. The fourth-order valence-corrected chi connectivity index (χ4v) is 2.81. The number of ether oxygens (including phenoxy) is 1. The molecule has 0 unspecified atom stereocenters. The van der Waals surface area contributed by atoms with Crippen molar-refractivity contribution in [2.24, 2.45) is 5.92 Å². The monoisotopic (exact) mass is 312 g/mol. The number of carbonyl (C=O) groups is 1. The van der Waals surface area contributed by atoms with Crippen LogP contribution in [0.3, 0.4) is 0 Å². The van der Waals surface area contributed by atoms with Gasteiger partial charge in [-0.2, -0.15) is 0 Å². The van der Waals surface area contributed by atoms with E-state index in [1.807, 2.05) is 24.1 Å². The van der Waals surface area contributed by atoms with Crippen LogP contribution in [0, 0.1) is 5.92 Å². The maximum Gasteiger partial charge on any atom is 0.253 e. The van der Waals surface area contributed by atoms with Crippen LogP contribution in [0.2, 0.25) is 0 Å². The van der Waals surface area contributed by atoms with Crippen LogP contribution < -0.4 is 10.1 Å². The number of amides is 1. The van der Waals surface area contributed by atoms with Gasteiger partial charge in [0.1, 0.15) is 5.75 Å². The Bertz CT molecular complexity index is 663. The molecule has 1 atom stereocenters. The number of hydrogen-bond acceptors (Lipinski definition) is 5. The molecule has 1 aliphatic rings. The summed E-state index contributed by atoms with van der Waals surface area (Å²) in [5.74, 6) is 1.57. The molecule has 2 heterocycles. The van der Waals surface area contributed by atoms with Crippen molar-refractivity contribution < 1.29 is 9.53 Å². The average molecular weight is 312 g/mol. The summed E-state index contributed by atoms with van der Waals surface area (Å²) in [6.07, 6.45) is 5.73. The lowest BCUT2D eigenvalue weighted by molar-refractivity contribution is 0.0787. The Kier molecular flexibility index (Phi) is 4.83. The number of benzene rings is 1. The predicted molar refractivity (Wildman–Crippen MR) is 86.5 cm³/mol. The van der Waals surface area contributed by atoms with Crippen LogP contribution in [0.15, 0.2) is 42.9 Å². The second-order valence-corrected chi connectivity index (χ2v) is 5.64. The van der Waals surface area contributed by atoms with E-state index in [9.17, 15) is 4.79 Å². The first-order valence-electron chi connectivity index (χ1n) is 7.74. The molecule has 1 aromatic heterocycles. The van der Waals surface area contributed by atoms with Crippen LogP contribution in [-0.2, 0) is 0 Å². The van der Waals surface area contributed by atoms with Gasteiger partial charge in [-0.15, -0.1) is 0 Å². The van der Waals surface area contributed by atoms with E-state index in [4.69, 9.17) is 4.74 Å². The Hall–Kier alpha value is -2.47. The summed E-state index contributed by atoms with van der Waals surface area (Å²) in [5, 5.41) is 3.17. The standard InChI is InChI=1S/C17H20N4O2/c1-18-10-13-5-8-21(12-13)17(22)14-3-2-4-15(9-14)23-16-11-19-6-7-20-16/h2-4,6-7,9,11,13,18H,5,8,10,12H2,1H3/t13-/m0/s1. The van der Waals surface area contributed by atoms with Gasteiger partial charge in [0.2, 0.25) is 5.88 Å². The molecule has 23 heavy (non-hydrogen) atoms. The molecule has 1 aliphatic heterocycles. The van der Waals surface area contributed by atoms with Crippen molar-refractivity contribution in [3.8, 4) is 11.6 Å². The third-order valence-corrected chi connectivity index (χ3v) is 3.91. The molecule has 0 saturated carbocycles. The molecule has 0 spiro atoms. The average Bonchev–Trinajstić information content (AvgIpc) is 3.04. The van der Waals surface area contributed by atoms with Crippen LogP contribution in [0.25, 0.3) is 0 Å². The minimum atomic E-state index is 0.0493.